The Bertz CT molecular complexity index is 451. The SMILES string of the molecule is O=C1CNc2cc(Cl)c(Cl)cc2N1CCCO. The molecule has 17 heavy (non-hydrogen) atoms. The molecule has 2 N–H and O–H groups in total. The molecule has 0 radical (unpaired) electrons. The predicted molar refractivity (Wildman–Crippen MR) is 69.0 cm³/mol. The van der Waals surface area contributed by atoms with Crippen LogP contribution in [-0.4, -0.2) is 30.7 Å². The smallest absolute Gasteiger partial charge is 0.246 e. The van der Waals surface area contributed by atoms with Crippen molar-refractivity contribution in [2.45, 2.75) is 6.42 Å². The first-order valence-electron chi connectivity index (χ1n) is 5.27. The van der Waals surface area contributed by atoms with E-state index in [0.29, 0.717) is 28.7 Å². The van der Waals surface area contributed by atoms with Gasteiger partial charge in [0.05, 0.1) is 28.0 Å². The fourth-order valence-electron chi connectivity index (χ4n) is 1.78. The summed E-state index contributed by atoms with van der Waals surface area (Å²) in [5.74, 6) is -0.0376. The summed E-state index contributed by atoms with van der Waals surface area (Å²) in [6.45, 7) is 0.756. The molecule has 0 saturated heterocycles. The summed E-state index contributed by atoms with van der Waals surface area (Å²) in [7, 11) is 0. The second-order valence-corrected chi connectivity index (χ2v) is 4.57. The molecule has 1 aromatic rings. The molecule has 0 unspecified atom stereocenters. The van der Waals surface area contributed by atoms with E-state index < -0.39 is 0 Å². The van der Waals surface area contributed by atoms with Crippen LogP contribution < -0.4 is 10.2 Å². The van der Waals surface area contributed by atoms with Gasteiger partial charge in [-0.1, -0.05) is 23.2 Å². The number of fused-ring (bicyclic) bond motifs is 1. The van der Waals surface area contributed by atoms with E-state index >= 15 is 0 Å². The number of hydrogen-bond donors (Lipinski definition) is 2. The van der Waals surface area contributed by atoms with Crippen molar-refractivity contribution in [1.82, 2.24) is 0 Å². The number of rotatable bonds is 3. The lowest BCUT2D eigenvalue weighted by Gasteiger charge is -2.30. The number of carbonyl (C=O) groups is 1. The molecule has 1 heterocycles. The molecule has 92 valence electrons. The minimum atomic E-state index is -0.0376. The molecular weight excluding hydrogens is 263 g/mol. The van der Waals surface area contributed by atoms with Gasteiger partial charge in [0, 0.05) is 13.2 Å². The zero-order chi connectivity index (χ0) is 12.4. The van der Waals surface area contributed by atoms with E-state index in [0.717, 1.165) is 5.69 Å². The molecule has 0 bridgehead atoms. The number of aliphatic hydroxyl groups excluding tert-OH is 1. The van der Waals surface area contributed by atoms with Gasteiger partial charge < -0.3 is 15.3 Å². The Balaban J connectivity index is 2.36. The van der Waals surface area contributed by atoms with Gasteiger partial charge in [0.25, 0.3) is 0 Å². The maximum absolute atomic E-state index is 11.8. The molecule has 6 heteroatoms. The number of benzene rings is 1. The molecule has 2 rings (SSSR count). The summed E-state index contributed by atoms with van der Waals surface area (Å²) in [6.07, 6.45) is 0.533. The van der Waals surface area contributed by atoms with Crippen molar-refractivity contribution in [1.29, 1.82) is 0 Å². The van der Waals surface area contributed by atoms with Crippen molar-refractivity contribution in [2.75, 3.05) is 29.9 Å². The minimum Gasteiger partial charge on any atom is -0.396 e. The van der Waals surface area contributed by atoms with E-state index in [1.165, 1.54) is 0 Å². The maximum atomic E-state index is 11.8. The van der Waals surface area contributed by atoms with Crippen LogP contribution in [0.3, 0.4) is 0 Å². The lowest BCUT2D eigenvalue weighted by molar-refractivity contribution is -0.117. The van der Waals surface area contributed by atoms with Crippen LogP contribution in [0.5, 0.6) is 0 Å². The van der Waals surface area contributed by atoms with Crippen molar-refractivity contribution < 1.29 is 9.90 Å². The zero-order valence-electron chi connectivity index (χ0n) is 9.04. The van der Waals surface area contributed by atoms with Crippen molar-refractivity contribution in [3.05, 3.63) is 22.2 Å². The molecule has 1 aromatic carbocycles. The first-order chi connectivity index (χ1) is 8.13. The summed E-state index contributed by atoms with van der Waals surface area (Å²) in [5.41, 5.74) is 1.50. The van der Waals surface area contributed by atoms with Gasteiger partial charge in [-0.2, -0.15) is 0 Å². The molecule has 1 aliphatic rings. The number of anilines is 2. The molecule has 0 spiro atoms. The monoisotopic (exact) mass is 274 g/mol. The molecule has 0 atom stereocenters. The van der Waals surface area contributed by atoms with Crippen LogP contribution in [0.2, 0.25) is 10.0 Å². The summed E-state index contributed by atoms with van der Waals surface area (Å²) >= 11 is 11.9. The van der Waals surface area contributed by atoms with Crippen molar-refractivity contribution in [2.24, 2.45) is 0 Å². The van der Waals surface area contributed by atoms with Crippen LogP contribution in [0.15, 0.2) is 12.1 Å². The first-order valence-corrected chi connectivity index (χ1v) is 6.03. The normalized spacial score (nSPS) is 14.5. The highest BCUT2D eigenvalue weighted by Gasteiger charge is 2.24. The van der Waals surface area contributed by atoms with Gasteiger partial charge in [0.1, 0.15) is 0 Å². The number of nitrogens with one attached hydrogen (secondary N) is 1. The fraction of sp³-hybridized carbons (Fsp3) is 0.364. The minimum absolute atomic E-state index is 0.0376. The fourth-order valence-corrected chi connectivity index (χ4v) is 2.10. The van der Waals surface area contributed by atoms with E-state index in [2.05, 4.69) is 5.32 Å². The van der Waals surface area contributed by atoms with Gasteiger partial charge in [-0.25, -0.2) is 0 Å². The van der Waals surface area contributed by atoms with Crippen LogP contribution in [0.1, 0.15) is 6.42 Å². The Kier molecular flexibility index (Phi) is 3.76. The molecule has 4 nitrogen and oxygen atoms in total. The van der Waals surface area contributed by atoms with Gasteiger partial charge >= 0.3 is 0 Å². The van der Waals surface area contributed by atoms with Gasteiger partial charge in [0.2, 0.25) is 5.91 Å². The summed E-state index contributed by atoms with van der Waals surface area (Å²) in [5, 5.41) is 12.7. The first kappa shape index (κ1) is 12.5. The van der Waals surface area contributed by atoms with Gasteiger partial charge in [-0.15, -0.1) is 0 Å². The van der Waals surface area contributed by atoms with Crippen molar-refractivity contribution in [3.63, 3.8) is 0 Å². The largest absolute Gasteiger partial charge is 0.396 e. The summed E-state index contributed by atoms with van der Waals surface area (Å²) < 4.78 is 0. The number of carbonyl (C=O) groups excluding carboxylic acids is 1. The molecule has 0 fully saturated rings. The molecule has 1 aliphatic heterocycles. The Morgan fingerprint density at radius 1 is 1.35 bits per heavy atom. The number of amides is 1. The lowest BCUT2D eigenvalue weighted by atomic mass is 10.2. The quantitative estimate of drug-likeness (QED) is 0.888. The number of halogens is 2. The highest BCUT2D eigenvalue weighted by Crippen LogP contribution is 2.36. The van der Waals surface area contributed by atoms with Gasteiger partial charge in [-0.05, 0) is 18.6 Å². The highest BCUT2D eigenvalue weighted by atomic mass is 35.5. The third kappa shape index (κ3) is 2.49. The Hall–Kier alpha value is -0.970. The number of hydrogen-bond acceptors (Lipinski definition) is 3. The summed E-state index contributed by atoms with van der Waals surface area (Å²) in [6, 6.07) is 3.37. The topological polar surface area (TPSA) is 52.6 Å². The van der Waals surface area contributed by atoms with Crippen LogP contribution >= 0.6 is 23.2 Å². The van der Waals surface area contributed by atoms with Gasteiger partial charge in [0.15, 0.2) is 0 Å². The van der Waals surface area contributed by atoms with Crippen LogP contribution in [0, 0.1) is 0 Å². The zero-order valence-corrected chi connectivity index (χ0v) is 10.6. The van der Waals surface area contributed by atoms with Crippen molar-refractivity contribution >= 4 is 40.5 Å². The van der Waals surface area contributed by atoms with E-state index in [9.17, 15) is 4.79 Å². The van der Waals surface area contributed by atoms with Crippen LogP contribution in [-0.2, 0) is 4.79 Å². The Morgan fingerprint density at radius 2 is 2.06 bits per heavy atom. The van der Waals surface area contributed by atoms with Crippen LogP contribution in [0.4, 0.5) is 11.4 Å². The second kappa shape index (κ2) is 5.12. The average Bonchev–Trinajstić information content (AvgIpc) is 2.30. The Labute approximate surface area is 109 Å². The van der Waals surface area contributed by atoms with Crippen LogP contribution in [0.25, 0.3) is 0 Å². The molecule has 0 aliphatic carbocycles. The van der Waals surface area contributed by atoms with Crippen molar-refractivity contribution in [3.8, 4) is 0 Å². The third-order valence-electron chi connectivity index (χ3n) is 2.60. The van der Waals surface area contributed by atoms with E-state index in [-0.39, 0.29) is 19.1 Å². The molecule has 1 amide bonds. The van der Waals surface area contributed by atoms with E-state index in [1.54, 1.807) is 17.0 Å². The highest BCUT2D eigenvalue weighted by molar-refractivity contribution is 6.42. The standard InChI is InChI=1S/C11H12Cl2N2O2/c12-7-4-9-10(5-8(7)13)15(2-1-3-16)11(17)6-14-9/h4-5,14,16H,1-3,6H2. The molecule has 0 saturated carbocycles. The van der Waals surface area contributed by atoms with E-state index in [4.69, 9.17) is 28.3 Å². The molecule has 0 aromatic heterocycles. The molecular formula is C11H12Cl2N2O2. The second-order valence-electron chi connectivity index (χ2n) is 3.76. The lowest BCUT2D eigenvalue weighted by Crippen LogP contribution is -2.40. The van der Waals surface area contributed by atoms with Gasteiger partial charge in [-0.3, -0.25) is 4.79 Å². The summed E-state index contributed by atoms with van der Waals surface area (Å²) in [4.78, 5) is 13.4. The average molecular weight is 275 g/mol. The number of aliphatic hydroxyl groups is 1. The third-order valence-corrected chi connectivity index (χ3v) is 3.32. The predicted octanol–water partition coefficient (Wildman–Crippen LogP) is 2.13. The van der Waals surface area contributed by atoms with E-state index in [1.807, 2.05) is 0 Å². The maximum Gasteiger partial charge on any atom is 0.246 e. The Morgan fingerprint density at radius 3 is 2.76 bits per heavy atom. The number of nitrogens with zero attached hydrogens (tertiary/aromatic N) is 1.